The van der Waals surface area contributed by atoms with Crippen LogP contribution in [0.15, 0.2) is 18.5 Å². The predicted molar refractivity (Wildman–Crippen MR) is 102 cm³/mol. The second-order valence-corrected chi connectivity index (χ2v) is 8.61. The summed E-state index contributed by atoms with van der Waals surface area (Å²) in [6.45, 7) is 0.682. The van der Waals surface area contributed by atoms with Crippen molar-refractivity contribution in [1.82, 2.24) is 24.8 Å². The van der Waals surface area contributed by atoms with Crippen LogP contribution in [0.4, 0.5) is 22.4 Å². The van der Waals surface area contributed by atoms with Crippen LogP contribution in [0.25, 0.3) is 5.65 Å². The number of carbonyl (C=O) groups excluding carboxylic acids is 1. The molecule has 30 heavy (non-hydrogen) atoms. The first-order chi connectivity index (χ1) is 14.1. The molecule has 4 rings (SSSR count). The quantitative estimate of drug-likeness (QED) is 0.753. The number of urea groups is 1. The number of hydrogen-bond acceptors (Lipinski definition) is 3. The average molecular weight is 427 g/mol. The number of carbonyl (C=O) groups is 1. The van der Waals surface area contributed by atoms with E-state index >= 15 is 0 Å². The summed E-state index contributed by atoms with van der Waals surface area (Å²) in [6.07, 6.45) is 4.66. The average Bonchev–Trinajstić information content (AvgIpc) is 3.04. The van der Waals surface area contributed by atoms with Gasteiger partial charge in [0.1, 0.15) is 0 Å². The lowest BCUT2D eigenvalue weighted by Gasteiger charge is -2.27. The van der Waals surface area contributed by atoms with Gasteiger partial charge in [-0.3, -0.25) is 0 Å². The number of halogens is 4. The number of fused-ring (bicyclic) bond motifs is 1. The SMILES string of the molecule is C[C@@H]1CNC(=O)N(Cc2cnn3cc(CC4CCC(F)(F)CC4)nc3c2)CC1(F)F. The van der Waals surface area contributed by atoms with E-state index in [-0.39, 0.29) is 31.8 Å². The Labute approximate surface area is 171 Å². The third-order valence-electron chi connectivity index (χ3n) is 6.10. The molecule has 0 aromatic carbocycles. The van der Waals surface area contributed by atoms with Gasteiger partial charge in [-0.05, 0) is 36.8 Å². The van der Waals surface area contributed by atoms with Gasteiger partial charge in [0.2, 0.25) is 5.92 Å². The minimum Gasteiger partial charge on any atom is -0.337 e. The first-order valence-electron chi connectivity index (χ1n) is 10.2. The van der Waals surface area contributed by atoms with E-state index in [4.69, 9.17) is 0 Å². The standard InChI is InChI=1S/C20H25F4N5O/c1-13-8-25-18(30)28(12-20(13,23)24)10-15-7-17-27-16(11-29(17)26-9-15)6-14-2-4-19(21,22)5-3-14/h7,9,11,13-14H,2-6,8,10,12H2,1H3,(H,25,30)/t13-/m1/s1. The summed E-state index contributed by atoms with van der Waals surface area (Å²) in [7, 11) is 0. The van der Waals surface area contributed by atoms with Crippen molar-refractivity contribution < 1.29 is 22.4 Å². The van der Waals surface area contributed by atoms with E-state index in [1.54, 1.807) is 16.8 Å². The Kier molecular flexibility index (Phi) is 5.36. The van der Waals surface area contributed by atoms with E-state index in [0.717, 1.165) is 10.6 Å². The van der Waals surface area contributed by atoms with Crippen molar-refractivity contribution in [2.45, 2.75) is 57.4 Å². The van der Waals surface area contributed by atoms with Gasteiger partial charge in [-0.15, -0.1) is 0 Å². The van der Waals surface area contributed by atoms with Crippen LogP contribution in [0.5, 0.6) is 0 Å². The van der Waals surface area contributed by atoms with Crippen molar-refractivity contribution in [1.29, 1.82) is 0 Å². The fourth-order valence-electron chi connectivity index (χ4n) is 4.08. The topological polar surface area (TPSA) is 62.5 Å². The number of amides is 2. The Morgan fingerprint density at radius 3 is 2.70 bits per heavy atom. The predicted octanol–water partition coefficient (Wildman–Crippen LogP) is 3.89. The Morgan fingerprint density at radius 1 is 1.23 bits per heavy atom. The van der Waals surface area contributed by atoms with Crippen molar-refractivity contribution in [2.24, 2.45) is 11.8 Å². The number of alkyl halides is 4. The van der Waals surface area contributed by atoms with E-state index < -0.39 is 30.3 Å². The fraction of sp³-hybridized carbons (Fsp3) is 0.650. The molecule has 2 fully saturated rings. The van der Waals surface area contributed by atoms with Crippen molar-refractivity contribution in [3.05, 3.63) is 29.7 Å². The molecule has 2 aromatic rings. The Hall–Kier alpha value is -2.39. The molecule has 1 atom stereocenters. The van der Waals surface area contributed by atoms with Crippen LogP contribution in [-0.2, 0) is 13.0 Å². The lowest BCUT2D eigenvalue weighted by atomic mass is 9.84. The molecular formula is C20H25F4N5O. The normalized spacial score (nSPS) is 24.6. The van der Waals surface area contributed by atoms with Crippen LogP contribution in [0.2, 0.25) is 0 Å². The summed E-state index contributed by atoms with van der Waals surface area (Å²) in [6, 6.07) is 1.18. The summed E-state index contributed by atoms with van der Waals surface area (Å²) in [5.74, 6) is -6.31. The number of nitrogens with one attached hydrogen (secondary N) is 1. The molecule has 164 valence electrons. The summed E-state index contributed by atoms with van der Waals surface area (Å²) in [5.41, 5.74) is 1.90. The van der Waals surface area contributed by atoms with E-state index in [1.165, 1.54) is 13.1 Å². The highest BCUT2D eigenvalue weighted by Gasteiger charge is 2.42. The van der Waals surface area contributed by atoms with Crippen LogP contribution in [-0.4, -0.2) is 50.5 Å². The molecule has 2 aliphatic rings. The van der Waals surface area contributed by atoms with Crippen LogP contribution < -0.4 is 5.32 Å². The van der Waals surface area contributed by atoms with E-state index in [2.05, 4.69) is 15.4 Å². The largest absolute Gasteiger partial charge is 0.337 e. The summed E-state index contributed by atoms with van der Waals surface area (Å²) in [5, 5.41) is 6.80. The van der Waals surface area contributed by atoms with Gasteiger partial charge in [0.15, 0.2) is 5.65 Å². The molecule has 1 saturated heterocycles. The van der Waals surface area contributed by atoms with Crippen molar-refractivity contribution >= 4 is 11.7 Å². The van der Waals surface area contributed by atoms with E-state index in [1.807, 2.05) is 0 Å². The molecule has 0 bridgehead atoms. The lowest BCUT2D eigenvalue weighted by Crippen LogP contribution is -2.41. The third-order valence-corrected chi connectivity index (χ3v) is 6.10. The molecule has 1 N–H and O–H groups in total. The van der Waals surface area contributed by atoms with E-state index in [9.17, 15) is 22.4 Å². The van der Waals surface area contributed by atoms with Gasteiger partial charge in [0.05, 0.1) is 24.6 Å². The first-order valence-corrected chi connectivity index (χ1v) is 10.2. The molecule has 0 spiro atoms. The van der Waals surface area contributed by atoms with Gasteiger partial charge in [-0.25, -0.2) is 31.9 Å². The van der Waals surface area contributed by atoms with Crippen LogP contribution >= 0.6 is 0 Å². The minimum atomic E-state index is -2.98. The Morgan fingerprint density at radius 2 is 1.97 bits per heavy atom. The molecule has 6 nitrogen and oxygen atoms in total. The molecule has 2 amide bonds. The van der Waals surface area contributed by atoms with E-state index in [0.29, 0.717) is 30.5 Å². The summed E-state index contributed by atoms with van der Waals surface area (Å²) >= 11 is 0. The third kappa shape index (κ3) is 4.52. The van der Waals surface area contributed by atoms with Gasteiger partial charge in [0.25, 0.3) is 5.92 Å². The van der Waals surface area contributed by atoms with Crippen LogP contribution in [0.3, 0.4) is 0 Å². The lowest BCUT2D eigenvalue weighted by molar-refractivity contribution is -0.0603. The molecule has 2 aromatic heterocycles. The molecule has 1 aliphatic heterocycles. The molecular weight excluding hydrogens is 402 g/mol. The molecule has 1 saturated carbocycles. The Balaban J connectivity index is 1.45. The maximum absolute atomic E-state index is 14.2. The monoisotopic (exact) mass is 427 g/mol. The Bertz CT molecular complexity index is 921. The maximum atomic E-state index is 14.2. The van der Waals surface area contributed by atoms with Crippen LogP contribution in [0.1, 0.15) is 43.9 Å². The van der Waals surface area contributed by atoms with Gasteiger partial charge >= 0.3 is 6.03 Å². The number of rotatable bonds is 4. The zero-order valence-corrected chi connectivity index (χ0v) is 16.8. The highest BCUT2D eigenvalue weighted by Crippen LogP contribution is 2.37. The summed E-state index contributed by atoms with van der Waals surface area (Å²) in [4.78, 5) is 17.8. The van der Waals surface area contributed by atoms with Crippen molar-refractivity contribution in [3.63, 3.8) is 0 Å². The number of nitrogens with zero attached hydrogens (tertiary/aromatic N) is 4. The van der Waals surface area contributed by atoms with Crippen molar-refractivity contribution in [2.75, 3.05) is 13.1 Å². The molecule has 0 unspecified atom stereocenters. The summed E-state index contributed by atoms with van der Waals surface area (Å²) < 4.78 is 56.6. The zero-order valence-electron chi connectivity index (χ0n) is 16.8. The molecule has 1 aliphatic carbocycles. The minimum absolute atomic E-state index is 0.00244. The highest BCUT2D eigenvalue weighted by atomic mass is 19.3. The number of aromatic nitrogens is 3. The van der Waals surface area contributed by atoms with Crippen molar-refractivity contribution in [3.8, 4) is 0 Å². The second-order valence-electron chi connectivity index (χ2n) is 8.61. The fourth-order valence-corrected chi connectivity index (χ4v) is 4.08. The molecule has 3 heterocycles. The maximum Gasteiger partial charge on any atom is 0.317 e. The van der Waals surface area contributed by atoms with Gasteiger partial charge in [0, 0.05) is 31.8 Å². The van der Waals surface area contributed by atoms with Gasteiger partial charge in [-0.1, -0.05) is 6.92 Å². The highest BCUT2D eigenvalue weighted by molar-refractivity contribution is 5.74. The van der Waals surface area contributed by atoms with Crippen LogP contribution in [0, 0.1) is 11.8 Å². The van der Waals surface area contributed by atoms with Gasteiger partial charge < -0.3 is 10.2 Å². The number of imidazole rings is 1. The second kappa shape index (κ2) is 7.70. The smallest absolute Gasteiger partial charge is 0.317 e. The molecule has 10 heteroatoms. The molecule has 0 radical (unpaired) electrons. The first kappa shape index (κ1) is 20.9. The van der Waals surface area contributed by atoms with Gasteiger partial charge in [-0.2, -0.15) is 5.10 Å². The number of hydrogen-bond donors (Lipinski definition) is 1. The zero-order chi connectivity index (χ0) is 21.5.